The van der Waals surface area contributed by atoms with E-state index in [1.165, 1.54) is 25.7 Å². The monoisotopic (exact) mass is 223 g/mol. The summed E-state index contributed by atoms with van der Waals surface area (Å²) in [4.78, 5) is 8.30. The summed E-state index contributed by atoms with van der Waals surface area (Å²) in [5, 5.41) is 4.27. The molecule has 0 spiro atoms. The van der Waals surface area contributed by atoms with Crippen molar-refractivity contribution in [3.63, 3.8) is 0 Å². The summed E-state index contributed by atoms with van der Waals surface area (Å²) in [5.74, 6) is 0.907. The van der Waals surface area contributed by atoms with E-state index < -0.39 is 0 Å². The number of nitrogens with one attached hydrogen (secondary N) is 1. The maximum absolute atomic E-state index is 4.24. The SMILES string of the molecule is CS[C@@H]1CCC[C@@H](Nc2cnccn2)C1. The smallest absolute Gasteiger partial charge is 0.144 e. The first kappa shape index (κ1) is 10.7. The highest BCUT2D eigenvalue weighted by Crippen LogP contribution is 2.28. The van der Waals surface area contributed by atoms with Gasteiger partial charge in [-0.25, -0.2) is 4.98 Å². The van der Waals surface area contributed by atoms with Crippen LogP contribution in [0.3, 0.4) is 0 Å². The van der Waals surface area contributed by atoms with Gasteiger partial charge in [-0.3, -0.25) is 4.98 Å². The molecule has 3 nitrogen and oxygen atoms in total. The van der Waals surface area contributed by atoms with Gasteiger partial charge in [-0.2, -0.15) is 11.8 Å². The van der Waals surface area contributed by atoms with Gasteiger partial charge in [0, 0.05) is 23.7 Å². The molecule has 1 N–H and O–H groups in total. The fourth-order valence-corrected chi connectivity index (χ4v) is 2.90. The van der Waals surface area contributed by atoms with Crippen molar-refractivity contribution in [2.45, 2.75) is 37.0 Å². The zero-order valence-electron chi connectivity index (χ0n) is 9.02. The predicted octanol–water partition coefficient (Wildman–Crippen LogP) is 2.56. The minimum absolute atomic E-state index is 0.577. The van der Waals surface area contributed by atoms with Crippen LogP contribution < -0.4 is 5.32 Å². The average Bonchev–Trinajstić information content (AvgIpc) is 2.31. The third kappa shape index (κ3) is 3.09. The average molecular weight is 223 g/mol. The van der Waals surface area contributed by atoms with E-state index in [9.17, 15) is 0 Å². The van der Waals surface area contributed by atoms with Crippen LogP contribution in [0.15, 0.2) is 18.6 Å². The summed E-state index contributed by atoms with van der Waals surface area (Å²) in [5.41, 5.74) is 0. The van der Waals surface area contributed by atoms with Crippen LogP contribution in [0.1, 0.15) is 25.7 Å². The van der Waals surface area contributed by atoms with E-state index in [1.54, 1.807) is 18.6 Å². The molecule has 1 heterocycles. The molecule has 0 bridgehead atoms. The lowest BCUT2D eigenvalue weighted by atomic mass is 9.95. The molecule has 1 aliphatic rings. The molecule has 2 rings (SSSR count). The normalized spacial score (nSPS) is 26.2. The summed E-state index contributed by atoms with van der Waals surface area (Å²) in [6.45, 7) is 0. The highest BCUT2D eigenvalue weighted by Gasteiger charge is 2.21. The highest BCUT2D eigenvalue weighted by atomic mass is 32.2. The van der Waals surface area contributed by atoms with Crippen molar-refractivity contribution in [1.29, 1.82) is 0 Å². The third-order valence-corrected chi connectivity index (χ3v) is 3.97. The summed E-state index contributed by atoms with van der Waals surface area (Å²) in [7, 11) is 0. The molecule has 82 valence electrons. The van der Waals surface area contributed by atoms with Crippen LogP contribution in [-0.2, 0) is 0 Å². The van der Waals surface area contributed by atoms with Gasteiger partial charge in [0.15, 0.2) is 0 Å². The molecular weight excluding hydrogens is 206 g/mol. The molecule has 0 radical (unpaired) electrons. The van der Waals surface area contributed by atoms with E-state index in [1.807, 2.05) is 11.8 Å². The lowest BCUT2D eigenvalue weighted by Crippen LogP contribution is -2.28. The first-order valence-electron chi connectivity index (χ1n) is 5.44. The lowest BCUT2D eigenvalue weighted by Gasteiger charge is -2.28. The van der Waals surface area contributed by atoms with Gasteiger partial charge < -0.3 is 5.32 Å². The van der Waals surface area contributed by atoms with Crippen LogP contribution in [-0.4, -0.2) is 27.5 Å². The van der Waals surface area contributed by atoms with Crippen molar-refractivity contribution in [1.82, 2.24) is 9.97 Å². The summed E-state index contributed by atoms with van der Waals surface area (Å²) in [6.07, 6.45) is 12.6. The fourth-order valence-electron chi connectivity index (χ4n) is 2.07. The molecular formula is C11H17N3S. The Kier molecular flexibility index (Phi) is 3.83. The quantitative estimate of drug-likeness (QED) is 0.854. The molecule has 0 aromatic carbocycles. The van der Waals surface area contributed by atoms with Crippen LogP contribution in [0.4, 0.5) is 5.82 Å². The van der Waals surface area contributed by atoms with Crippen LogP contribution in [0.25, 0.3) is 0 Å². The van der Waals surface area contributed by atoms with Gasteiger partial charge in [0.25, 0.3) is 0 Å². The second-order valence-electron chi connectivity index (χ2n) is 3.96. The van der Waals surface area contributed by atoms with Crippen molar-refractivity contribution in [2.24, 2.45) is 0 Å². The zero-order chi connectivity index (χ0) is 10.5. The van der Waals surface area contributed by atoms with Crippen LogP contribution in [0.2, 0.25) is 0 Å². The number of rotatable bonds is 3. The first-order valence-corrected chi connectivity index (χ1v) is 6.72. The van der Waals surface area contributed by atoms with E-state index >= 15 is 0 Å². The maximum Gasteiger partial charge on any atom is 0.144 e. The van der Waals surface area contributed by atoms with Gasteiger partial charge in [-0.1, -0.05) is 6.42 Å². The topological polar surface area (TPSA) is 37.8 Å². The number of aromatic nitrogens is 2. The molecule has 2 atom stereocenters. The van der Waals surface area contributed by atoms with Gasteiger partial charge in [0.2, 0.25) is 0 Å². The number of nitrogens with zero attached hydrogens (tertiary/aromatic N) is 2. The minimum Gasteiger partial charge on any atom is -0.366 e. The van der Waals surface area contributed by atoms with Crippen molar-refractivity contribution in [2.75, 3.05) is 11.6 Å². The Morgan fingerprint density at radius 3 is 3.07 bits per heavy atom. The lowest BCUT2D eigenvalue weighted by molar-refractivity contribution is 0.472. The van der Waals surface area contributed by atoms with Crippen LogP contribution >= 0.6 is 11.8 Å². The number of thioether (sulfide) groups is 1. The molecule has 0 unspecified atom stereocenters. The Labute approximate surface area is 95.1 Å². The molecule has 0 aliphatic heterocycles. The van der Waals surface area contributed by atoms with E-state index in [0.717, 1.165) is 11.1 Å². The zero-order valence-corrected chi connectivity index (χ0v) is 9.83. The Morgan fingerprint density at radius 1 is 1.40 bits per heavy atom. The van der Waals surface area contributed by atoms with E-state index in [-0.39, 0.29) is 0 Å². The third-order valence-electron chi connectivity index (χ3n) is 2.87. The molecule has 0 saturated heterocycles. The van der Waals surface area contributed by atoms with Crippen molar-refractivity contribution < 1.29 is 0 Å². The van der Waals surface area contributed by atoms with Crippen molar-refractivity contribution >= 4 is 17.6 Å². The van der Waals surface area contributed by atoms with Gasteiger partial charge >= 0.3 is 0 Å². The maximum atomic E-state index is 4.24. The highest BCUT2D eigenvalue weighted by molar-refractivity contribution is 7.99. The van der Waals surface area contributed by atoms with E-state index in [0.29, 0.717) is 6.04 Å². The fraction of sp³-hybridized carbons (Fsp3) is 0.636. The predicted molar refractivity (Wildman–Crippen MR) is 65.2 cm³/mol. The standard InChI is InChI=1S/C11H17N3S/c1-15-10-4-2-3-9(7-10)14-11-8-12-5-6-13-11/h5-6,8-10H,2-4,7H2,1H3,(H,13,14)/t9-,10-/m1/s1. The Hall–Kier alpha value is -0.770. The van der Waals surface area contributed by atoms with E-state index in [2.05, 4.69) is 21.5 Å². The van der Waals surface area contributed by atoms with Gasteiger partial charge in [-0.15, -0.1) is 0 Å². The Bertz CT molecular complexity index is 291. The summed E-state index contributed by atoms with van der Waals surface area (Å²) >= 11 is 1.98. The van der Waals surface area contributed by atoms with Crippen molar-refractivity contribution in [3.8, 4) is 0 Å². The second kappa shape index (κ2) is 5.35. The molecule has 1 aliphatic carbocycles. The molecule has 1 aromatic heterocycles. The Balaban J connectivity index is 1.89. The van der Waals surface area contributed by atoms with Gasteiger partial charge in [0.1, 0.15) is 5.82 Å². The number of hydrogen-bond acceptors (Lipinski definition) is 4. The van der Waals surface area contributed by atoms with E-state index in [4.69, 9.17) is 0 Å². The first-order chi connectivity index (χ1) is 7.38. The molecule has 1 aromatic rings. The van der Waals surface area contributed by atoms with Gasteiger partial charge in [0.05, 0.1) is 6.20 Å². The number of anilines is 1. The van der Waals surface area contributed by atoms with Gasteiger partial charge in [-0.05, 0) is 25.5 Å². The minimum atomic E-state index is 0.577. The summed E-state index contributed by atoms with van der Waals surface area (Å²) < 4.78 is 0. The summed E-state index contributed by atoms with van der Waals surface area (Å²) in [6, 6.07) is 0.577. The van der Waals surface area contributed by atoms with Crippen LogP contribution in [0.5, 0.6) is 0 Å². The molecule has 0 amide bonds. The molecule has 1 saturated carbocycles. The van der Waals surface area contributed by atoms with Crippen molar-refractivity contribution in [3.05, 3.63) is 18.6 Å². The second-order valence-corrected chi connectivity index (χ2v) is 5.09. The van der Waals surface area contributed by atoms with Crippen LogP contribution in [0, 0.1) is 0 Å². The molecule has 1 fully saturated rings. The molecule has 4 heteroatoms. The molecule has 15 heavy (non-hydrogen) atoms. The largest absolute Gasteiger partial charge is 0.366 e. The number of hydrogen-bond donors (Lipinski definition) is 1. The Morgan fingerprint density at radius 2 is 2.33 bits per heavy atom.